The number of ether oxygens (including phenoxy) is 1. The van der Waals surface area contributed by atoms with Gasteiger partial charge >= 0.3 is 0 Å². The molecule has 2 rings (SSSR count). The molecule has 0 spiro atoms. The normalized spacial score (nSPS) is 15.6. The van der Waals surface area contributed by atoms with Gasteiger partial charge in [-0.05, 0) is 48.8 Å². The predicted molar refractivity (Wildman–Crippen MR) is 68.5 cm³/mol. The molecular formula is C14H19ClO. The van der Waals surface area contributed by atoms with E-state index in [-0.39, 0.29) is 0 Å². The van der Waals surface area contributed by atoms with E-state index >= 15 is 0 Å². The van der Waals surface area contributed by atoms with Crippen molar-refractivity contribution in [3.8, 4) is 5.75 Å². The lowest BCUT2D eigenvalue weighted by Gasteiger charge is -2.13. The first-order chi connectivity index (χ1) is 7.58. The van der Waals surface area contributed by atoms with Gasteiger partial charge in [-0.25, -0.2) is 0 Å². The number of benzene rings is 1. The number of hydrogen-bond acceptors (Lipinski definition) is 1. The molecule has 1 aromatic carbocycles. The number of halogens is 1. The fraction of sp³-hybridized carbons (Fsp3) is 0.571. The molecule has 0 saturated heterocycles. The van der Waals surface area contributed by atoms with Crippen LogP contribution < -0.4 is 4.74 Å². The molecule has 0 heterocycles. The minimum absolute atomic E-state index is 0.513. The Labute approximate surface area is 103 Å². The number of rotatable bonds is 4. The molecule has 1 nitrogen and oxygen atoms in total. The highest BCUT2D eigenvalue weighted by atomic mass is 35.5. The van der Waals surface area contributed by atoms with Crippen LogP contribution in [0.4, 0.5) is 0 Å². The molecule has 0 bridgehead atoms. The molecule has 16 heavy (non-hydrogen) atoms. The summed E-state index contributed by atoms with van der Waals surface area (Å²) in [5.74, 6) is 2.13. The van der Waals surface area contributed by atoms with Crippen LogP contribution in [0.25, 0.3) is 0 Å². The molecular weight excluding hydrogens is 220 g/mol. The molecule has 0 unspecified atom stereocenters. The second kappa shape index (κ2) is 4.67. The molecule has 2 heteroatoms. The van der Waals surface area contributed by atoms with E-state index in [1.54, 1.807) is 0 Å². The third-order valence-corrected chi connectivity index (χ3v) is 3.57. The van der Waals surface area contributed by atoms with Crippen LogP contribution >= 0.6 is 11.6 Å². The average Bonchev–Trinajstić information content (AvgIpc) is 3.03. The van der Waals surface area contributed by atoms with Crippen LogP contribution in [0.15, 0.2) is 12.1 Å². The molecule has 0 aliphatic heterocycles. The maximum atomic E-state index is 6.25. The number of hydrogen-bond donors (Lipinski definition) is 0. The minimum atomic E-state index is 0.513. The molecule has 1 aromatic rings. The molecule has 0 atom stereocenters. The van der Waals surface area contributed by atoms with Crippen molar-refractivity contribution in [1.29, 1.82) is 0 Å². The van der Waals surface area contributed by atoms with Gasteiger partial charge in [0.05, 0.1) is 11.6 Å². The van der Waals surface area contributed by atoms with E-state index in [9.17, 15) is 0 Å². The first-order valence-corrected chi connectivity index (χ1v) is 6.38. The Balaban J connectivity index is 2.19. The van der Waals surface area contributed by atoms with Crippen molar-refractivity contribution in [2.45, 2.75) is 39.5 Å². The zero-order valence-electron chi connectivity index (χ0n) is 10.2. The summed E-state index contributed by atoms with van der Waals surface area (Å²) in [7, 11) is 0. The lowest BCUT2D eigenvalue weighted by molar-refractivity contribution is 0.299. The third-order valence-electron chi connectivity index (χ3n) is 3.08. The Bertz CT molecular complexity index is 381. The van der Waals surface area contributed by atoms with E-state index in [2.05, 4.69) is 26.0 Å². The largest absolute Gasteiger partial charge is 0.492 e. The summed E-state index contributed by atoms with van der Waals surface area (Å²) in [5.41, 5.74) is 2.41. The molecule has 0 aromatic heterocycles. The quantitative estimate of drug-likeness (QED) is 0.747. The highest BCUT2D eigenvalue weighted by Gasteiger charge is 2.22. The Kier molecular flexibility index (Phi) is 3.44. The van der Waals surface area contributed by atoms with Crippen LogP contribution in [0.3, 0.4) is 0 Å². The zero-order valence-corrected chi connectivity index (χ0v) is 11.0. The van der Waals surface area contributed by atoms with Gasteiger partial charge in [0.2, 0.25) is 0 Å². The second-order valence-electron chi connectivity index (χ2n) is 5.06. The van der Waals surface area contributed by atoms with Crippen LogP contribution in [0.5, 0.6) is 5.75 Å². The smallest absolute Gasteiger partial charge is 0.138 e. The van der Waals surface area contributed by atoms with Crippen LogP contribution in [0.2, 0.25) is 5.02 Å². The summed E-state index contributed by atoms with van der Waals surface area (Å²) in [6.07, 6.45) is 2.61. The monoisotopic (exact) mass is 238 g/mol. The average molecular weight is 239 g/mol. The first-order valence-electron chi connectivity index (χ1n) is 6.00. The van der Waals surface area contributed by atoms with Crippen molar-refractivity contribution in [2.75, 3.05) is 6.61 Å². The van der Waals surface area contributed by atoms with E-state index in [4.69, 9.17) is 16.3 Å². The molecule has 88 valence electrons. The van der Waals surface area contributed by atoms with Gasteiger partial charge in [-0.15, -0.1) is 0 Å². The highest BCUT2D eigenvalue weighted by molar-refractivity contribution is 6.32. The summed E-state index contributed by atoms with van der Waals surface area (Å²) in [4.78, 5) is 0. The number of aryl methyl sites for hydroxylation is 1. The minimum Gasteiger partial charge on any atom is -0.492 e. The Morgan fingerprint density at radius 3 is 2.62 bits per heavy atom. The topological polar surface area (TPSA) is 9.23 Å². The Morgan fingerprint density at radius 2 is 2.06 bits per heavy atom. The Hall–Kier alpha value is -0.690. The van der Waals surface area contributed by atoms with Crippen molar-refractivity contribution in [1.82, 2.24) is 0 Å². The van der Waals surface area contributed by atoms with E-state index in [1.807, 2.05) is 6.92 Å². The van der Waals surface area contributed by atoms with Gasteiger partial charge in [0.1, 0.15) is 5.75 Å². The molecule has 0 amide bonds. The molecule has 1 aliphatic carbocycles. The standard InChI is InChI=1S/C14H19ClO/c1-9(2)12-6-10(3)14(15)13(7-12)16-8-11-4-5-11/h6-7,9,11H,4-5,8H2,1-3H3. The molecule has 1 fully saturated rings. The van der Waals surface area contributed by atoms with Crippen LogP contribution in [-0.2, 0) is 0 Å². The second-order valence-corrected chi connectivity index (χ2v) is 5.44. The van der Waals surface area contributed by atoms with Gasteiger partial charge in [0.15, 0.2) is 0 Å². The SMILES string of the molecule is Cc1cc(C(C)C)cc(OCC2CC2)c1Cl. The van der Waals surface area contributed by atoms with Crippen LogP contribution in [-0.4, -0.2) is 6.61 Å². The van der Waals surface area contributed by atoms with Crippen molar-refractivity contribution in [3.05, 3.63) is 28.3 Å². The van der Waals surface area contributed by atoms with E-state index in [0.29, 0.717) is 5.92 Å². The van der Waals surface area contributed by atoms with Gasteiger partial charge < -0.3 is 4.74 Å². The summed E-state index contributed by atoms with van der Waals surface area (Å²) in [5, 5.41) is 0.769. The predicted octanol–water partition coefficient (Wildman–Crippen LogP) is 4.56. The van der Waals surface area contributed by atoms with Crippen LogP contribution in [0, 0.1) is 12.8 Å². The van der Waals surface area contributed by atoms with E-state index < -0.39 is 0 Å². The summed E-state index contributed by atoms with van der Waals surface area (Å²) in [6.45, 7) is 7.24. The zero-order chi connectivity index (χ0) is 11.7. The van der Waals surface area contributed by atoms with Crippen LogP contribution in [0.1, 0.15) is 43.7 Å². The molecule has 1 aliphatic rings. The maximum Gasteiger partial charge on any atom is 0.138 e. The van der Waals surface area contributed by atoms with Gasteiger partial charge in [-0.2, -0.15) is 0 Å². The summed E-state index contributed by atoms with van der Waals surface area (Å²) >= 11 is 6.25. The molecule has 1 saturated carbocycles. The summed E-state index contributed by atoms with van der Waals surface area (Å²) < 4.78 is 5.80. The van der Waals surface area contributed by atoms with Gasteiger partial charge in [0.25, 0.3) is 0 Å². The Morgan fingerprint density at radius 1 is 1.38 bits per heavy atom. The van der Waals surface area contributed by atoms with Gasteiger partial charge in [-0.3, -0.25) is 0 Å². The molecule has 0 radical (unpaired) electrons. The third kappa shape index (κ3) is 2.70. The first kappa shape index (κ1) is 11.8. The lowest BCUT2D eigenvalue weighted by Crippen LogP contribution is -2.01. The highest BCUT2D eigenvalue weighted by Crippen LogP contribution is 2.35. The van der Waals surface area contributed by atoms with Gasteiger partial charge in [-0.1, -0.05) is 31.5 Å². The van der Waals surface area contributed by atoms with E-state index in [1.165, 1.54) is 18.4 Å². The van der Waals surface area contributed by atoms with Crippen molar-refractivity contribution in [3.63, 3.8) is 0 Å². The van der Waals surface area contributed by atoms with Gasteiger partial charge in [0, 0.05) is 0 Å². The fourth-order valence-corrected chi connectivity index (χ4v) is 1.86. The maximum absolute atomic E-state index is 6.25. The van der Waals surface area contributed by atoms with Crippen molar-refractivity contribution in [2.24, 2.45) is 5.92 Å². The molecule has 0 N–H and O–H groups in total. The fourth-order valence-electron chi connectivity index (χ4n) is 1.69. The summed E-state index contributed by atoms with van der Waals surface area (Å²) in [6, 6.07) is 4.24. The van der Waals surface area contributed by atoms with E-state index in [0.717, 1.165) is 28.9 Å². The van der Waals surface area contributed by atoms with Crippen molar-refractivity contribution >= 4 is 11.6 Å². The van der Waals surface area contributed by atoms with Crippen molar-refractivity contribution < 1.29 is 4.74 Å². The lowest BCUT2D eigenvalue weighted by atomic mass is 10.0.